The van der Waals surface area contributed by atoms with E-state index in [1.54, 1.807) is 36.4 Å². The summed E-state index contributed by atoms with van der Waals surface area (Å²) in [7, 11) is 0. The molecule has 0 atom stereocenters. The lowest BCUT2D eigenvalue weighted by Gasteiger charge is -2.07. The molecule has 8 heteroatoms. The minimum absolute atomic E-state index is 0.301. The zero-order valence-electron chi connectivity index (χ0n) is 10.8. The number of aromatic nitrogens is 1. The number of rotatable bonds is 4. The number of halogens is 4. The molecule has 0 unspecified atom stereocenters. The largest absolute Gasteiger partial charge is 0.439 e. The van der Waals surface area contributed by atoms with Crippen LogP contribution in [0.1, 0.15) is 0 Å². The highest BCUT2D eigenvalue weighted by molar-refractivity contribution is 6.63. The number of amides is 1. The molecule has 0 saturated carbocycles. The molecule has 1 heterocycles. The van der Waals surface area contributed by atoms with E-state index < -0.39 is 5.91 Å². The van der Waals surface area contributed by atoms with E-state index in [-0.39, 0.29) is 9.52 Å². The molecule has 0 radical (unpaired) electrons. The van der Waals surface area contributed by atoms with Gasteiger partial charge in [-0.2, -0.15) is 0 Å². The quantitative estimate of drug-likeness (QED) is 0.730. The molecule has 1 amide bonds. The first-order valence-electron chi connectivity index (χ1n) is 5.87. The summed E-state index contributed by atoms with van der Waals surface area (Å²) in [4.78, 5) is 15.7. The van der Waals surface area contributed by atoms with Crippen LogP contribution in [0.4, 0.5) is 5.69 Å². The van der Waals surface area contributed by atoms with E-state index in [4.69, 9.17) is 51.1 Å². The lowest BCUT2D eigenvalue weighted by atomic mass is 10.3. The van der Waals surface area contributed by atoms with Gasteiger partial charge in [-0.05, 0) is 30.3 Å². The van der Waals surface area contributed by atoms with Gasteiger partial charge in [0.2, 0.25) is 5.88 Å². The van der Waals surface area contributed by atoms with Gasteiger partial charge in [-0.1, -0.05) is 46.4 Å². The fourth-order valence-electron chi connectivity index (χ4n) is 1.41. The van der Waals surface area contributed by atoms with Crippen LogP contribution in [0.2, 0.25) is 5.02 Å². The first-order valence-corrected chi connectivity index (χ1v) is 7.38. The highest BCUT2D eigenvalue weighted by atomic mass is 35.5. The Morgan fingerprint density at radius 1 is 1.05 bits per heavy atom. The smallest absolute Gasteiger partial charge is 0.269 e. The average Bonchev–Trinajstić information content (AvgIpc) is 2.50. The molecular formula is C14H8Cl4N2O2. The van der Waals surface area contributed by atoms with E-state index in [1.165, 1.54) is 6.20 Å². The van der Waals surface area contributed by atoms with Crippen molar-refractivity contribution >= 4 is 58.0 Å². The van der Waals surface area contributed by atoms with Crippen LogP contribution in [0.15, 0.2) is 52.1 Å². The summed E-state index contributed by atoms with van der Waals surface area (Å²) < 4.78 is 5.21. The van der Waals surface area contributed by atoms with E-state index in [1.807, 2.05) is 0 Å². The summed E-state index contributed by atoms with van der Waals surface area (Å²) in [6, 6.07) is 10.0. The Morgan fingerprint density at radius 2 is 1.73 bits per heavy atom. The minimum atomic E-state index is -0.630. The van der Waals surface area contributed by atoms with Crippen LogP contribution in [0.3, 0.4) is 0 Å². The molecule has 0 bridgehead atoms. The second-order valence-electron chi connectivity index (χ2n) is 3.97. The second kappa shape index (κ2) is 7.70. The average molecular weight is 378 g/mol. The summed E-state index contributed by atoms with van der Waals surface area (Å²) in [5, 5.41) is 2.80. The summed E-state index contributed by atoms with van der Waals surface area (Å²) in [5.41, 5.74) is 0.418. The summed E-state index contributed by atoms with van der Waals surface area (Å²) in [6.45, 7) is 0. The monoisotopic (exact) mass is 376 g/mol. The third-order valence-electron chi connectivity index (χ3n) is 2.40. The molecule has 114 valence electrons. The number of benzene rings is 1. The molecule has 2 aromatic rings. The number of anilines is 1. The second-order valence-corrected chi connectivity index (χ2v) is 5.73. The predicted octanol–water partition coefficient (Wildman–Crippen LogP) is 5.35. The van der Waals surface area contributed by atoms with Gasteiger partial charge >= 0.3 is 0 Å². The molecule has 0 aliphatic carbocycles. The van der Waals surface area contributed by atoms with E-state index in [9.17, 15) is 4.79 Å². The molecule has 1 N–H and O–H groups in total. The van der Waals surface area contributed by atoms with Gasteiger partial charge in [0.1, 0.15) is 15.3 Å². The fourth-order valence-corrected chi connectivity index (χ4v) is 1.75. The number of nitrogens with zero attached hydrogens (tertiary/aromatic N) is 1. The Balaban J connectivity index is 2.03. The van der Waals surface area contributed by atoms with Crippen molar-refractivity contribution in [3.63, 3.8) is 0 Å². The van der Waals surface area contributed by atoms with Gasteiger partial charge in [0, 0.05) is 11.1 Å². The lowest BCUT2D eigenvalue weighted by molar-refractivity contribution is -0.112. The third kappa shape index (κ3) is 4.78. The van der Waals surface area contributed by atoms with Crippen molar-refractivity contribution in [2.24, 2.45) is 0 Å². The Morgan fingerprint density at radius 3 is 2.27 bits per heavy atom. The third-order valence-corrected chi connectivity index (χ3v) is 3.58. The highest BCUT2D eigenvalue weighted by Gasteiger charge is 2.11. The van der Waals surface area contributed by atoms with Crippen LogP contribution >= 0.6 is 46.4 Å². The Labute approximate surface area is 146 Å². The predicted molar refractivity (Wildman–Crippen MR) is 89.0 cm³/mol. The maximum absolute atomic E-state index is 11.6. The zero-order chi connectivity index (χ0) is 16.1. The van der Waals surface area contributed by atoms with Crippen molar-refractivity contribution in [3.8, 4) is 11.6 Å². The van der Waals surface area contributed by atoms with Crippen molar-refractivity contribution in [2.75, 3.05) is 5.32 Å². The number of ether oxygens (including phenoxy) is 1. The van der Waals surface area contributed by atoms with Crippen molar-refractivity contribution in [2.45, 2.75) is 0 Å². The molecular weight excluding hydrogens is 370 g/mol. The lowest BCUT2D eigenvalue weighted by Crippen LogP contribution is -2.11. The Hall–Kier alpha value is -1.46. The first-order chi connectivity index (χ1) is 10.5. The molecule has 1 aromatic heterocycles. The summed E-state index contributed by atoms with van der Waals surface area (Å²) in [6.07, 6.45) is 1.41. The van der Waals surface area contributed by atoms with E-state index in [0.29, 0.717) is 22.3 Å². The van der Waals surface area contributed by atoms with Crippen molar-refractivity contribution < 1.29 is 9.53 Å². The highest BCUT2D eigenvalue weighted by Crippen LogP contribution is 2.23. The maximum Gasteiger partial charge on any atom is 0.269 e. The molecule has 4 nitrogen and oxygen atoms in total. The van der Waals surface area contributed by atoms with Gasteiger partial charge in [-0.15, -0.1) is 0 Å². The van der Waals surface area contributed by atoms with Crippen LogP contribution in [-0.2, 0) is 4.79 Å². The van der Waals surface area contributed by atoms with E-state index in [2.05, 4.69) is 10.3 Å². The summed E-state index contributed by atoms with van der Waals surface area (Å²) >= 11 is 22.2. The SMILES string of the molecule is O=C(Nc1ccc(Oc2ccc(Cl)cc2)nc1)C(Cl)=C(Cl)Cl. The zero-order valence-corrected chi connectivity index (χ0v) is 13.8. The number of pyridine rings is 1. The molecule has 2 rings (SSSR count). The molecule has 0 saturated heterocycles. The number of carbonyl (C=O) groups excluding carboxylic acids is 1. The molecule has 22 heavy (non-hydrogen) atoms. The van der Waals surface area contributed by atoms with Gasteiger partial charge in [-0.25, -0.2) is 4.98 Å². The van der Waals surface area contributed by atoms with Crippen LogP contribution in [0, 0.1) is 0 Å². The topological polar surface area (TPSA) is 51.2 Å². The van der Waals surface area contributed by atoms with Crippen molar-refractivity contribution in [1.29, 1.82) is 0 Å². The minimum Gasteiger partial charge on any atom is -0.439 e. The normalized spacial score (nSPS) is 10.0. The summed E-state index contributed by atoms with van der Waals surface area (Å²) in [5.74, 6) is 0.320. The van der Waals surface area contributed by atoms with Crippen molar-refractivity contribution in [3.05, 3.63) is 57.1 Å². The standard InChI is InChI=1S/C14H8Cl4N2O2/c15-8-1-4-10(5-2-8)22-11-6-3-9(7-19-11)20-14(21)12(16)13(17)18/h1-7H,(H,20,21). The van der Waals surface area contributed by atoms with E-state index in [0.717, 1.165) is 0 Å². The molecule has 0 spiro atoms. The Kier molecular flexibility index (Phi) is 5.91. The molecule has 0 fully saturated rings. The van der Waals surface area contributed by atoms with Gasteiger partial charge in [-0.3, -0.25) is 4.79 Å². The maximum atomic E-state index is 11.6. The molecule has 1 aromatic carbocycles. The molecule has 0 aliphatic rings. The van der Waals surface area contributed by atoms with Crippen LogP contribution in [0.25, 0.3) is 0 Å². The van der Waals surface area contributed by atoms with Gasteiger partial charge in [0.15, 0.2) is 0 Å². The molecule has 0 aliphatic heterocycles. The van der Waals surface area contributed by atoms with Crippen LogP contribution in [-0.4, -0.2) is 10.9 Å². The number of hydrogen-bond donors (Lipinski definition) is 1. The van der Waals surface area contributed by atoms with E-state index >= 15 is 0 Å². The Bertz CT molecular complexity index is 696. The van der Waals surface area contributed by atoms with Gasteiger partial charge in [0.05, 0.1) is 11.9 Å². The fraction of sp³-hybridized carbons (Fsp3) is 0. The first kappa shape index (κ1) is 16.9. The number of hydrogen-bond acceptors (Lipinski definition) is 3. The number of nitrogens with one attached hydrogen (secondary N) is 1. The van der Waals surface area contributed by atoms with Gasteiger partial charge in [0.25, 0.3) is 5.91 Å². The van der Waals surface area contributed by atoms with Crippen LogP contribution < -0.4 is 10.1 Å². The van der Waals surface area contributed by atoms with Crippen molar-refractivity contribution in [1.82, 2.24) is 4.98 Å². The number of carbonyl (C=O) groups is 1. The van der Waals surface area contributed by atoms with Crippen LogP contribution in [0.5, 0.6) is 11.6 Å². The van der Waals surface area contributed by atoms with Gasteiger partial charge < -0.3 is 10.1 Å².